The van der Waals surface area contributed by atoms with E-state index in [1.165, 1.54) is 0 Å². The molecule has 2 amide bonds. The van der Waals surface area contributed by atoms with Crippen molar-refractivity contribution < 1.29 is 19.1 Å². The number of rotatable bonds is 4. The number of anilines is 2. The SMILES string of the molecule is O=C1C(Nc2ccc3c(c2)OCCO3)=C(c2ccc(Cl)cc2)C(=O)N1c1cccc(Cl)c1. The number of hydrogen-bond donors (Lipinski definition) is 1. The molecule has 3 aromatic carbocycles. The van der Waals surface area contributed by atoms with Crippen molar-refractivity contribution in [3.8, 4) is 11.5 Å². The predicted octanol–water partition coefficient (Wildman–Crippen LogP) is 5.16. The van der Waals surface area contributed by atoms with Crippen molar-refractivity contribution in [3.05, 3.63) is 88.0 Å². The third-order valence-corrected chi connectivity index (χ3v) is 5.58. The zero-order valence-electron chi connectivity index (χ0n) is 16.6. The van der Waals surface area contributed by atoms with Crippen LogP contribution in [0.4, 0.5) is 11.4 Å². The van der Waals surface area contributed by atoms with Crippen molar-refractivity contribution >= 4 is 52.0 Å². The van der Waals surface area contributed by atoms with Crippen LogP contribution >= 0.6 is 23.2 Å². The van der Waals surface area contributed by atoms with Crippen LogP contribution in [0.5, 0.6) is 11.5 Å². The highest BCUT2D eigenvalue weighted by Crippen LogP contribution is 2.37. The van der Waals surface area contributed by atoms with Crippen LogP contribution in [0.25, 0.3) is 5.57 Å². The van der Waals surface area contributed by atoms with Gasteiger partial charge in [0, 0.05) is 21.8 Å². The van der Waals surface area contributed by atoms with Gasteiger partial charge in [-0.15, -0.1) is 0 Å². The summed E-state index contributed by atoms with van der Waals surface area (Å²) in [4.78, 5) is 28.0. The van der Waals surface area contributed by atoms with Gasteiger partial charge in [-0.2, -0.15) is 0 Å². The quantitative estimate of drug-likeness (QED) is 0.537. The normalized spacial score (nSPS) is 15.4. The van der Waals surface area contributed by atoms with E-state index in [9.17, 15) is 9.59 Å². The molecule has 0 saturated carbocycles. The van der Waals surface area contributed by atoms with Gasteiger partial charge in [0.1, 0.15) is 18.9 Å². The van der Waals surface area contributed by atoms with Gasteiger partial charge in [0.15, 0.2) is 11.5 Å². The molecule has 8 heteroatoms. The first kappa shape index (κ1) is 20.4. The third kappa shape index (κ3) is 3.68. The molecule has 0 unspecified atom stereocenters. The molecule has 5 rings (SSSR count). The second kappa shape index (κ2) is 8.22. The van der Waals surface area contributed by atoms with Crippen LogP contribution in [0.3, 0.4) is 0 Å². The monoisotopic (exact) mass is 466 g/mol. The fraction of sp³-hybridized carbons (Fsp3) is 0.0833. The van der Waals surface area contributed by atoms with Crippen molar-refractivity contribution in [1.82, 2.24) is 0 Å². The zero-order chi connectivity index (χ0) is 22.2. The zero-order valence-corrected chi connectivity index (χ0v) is 18.1. The van der Waals surface area contributed by atoms with Gasteiger partial charge >= 0.3 is 0 Å². The molecule has 0 fully saturated rings. The Kier molecular flexibility index (Phi) is 5.25. The lowest BCUT2D eigenvalue weighted by atomic mass is 10.0. The maximum atomic E-state index is 13.4. The summed E-state index contributed by atoms with van der Waals surface area (Å²) in [5.74, 6) is 0.248. The Hall–Kier alpha value is -3.48. The molecule has 1 N–H and O–H groups in total. The molecule has 32 heavy (non-hydrogen) atoms. The lowest BCUT2D eigenvalue weighted by Gasteiger charge is -2.19. The first-order valence-corrected chi connectivity index (χ1v) is 10.6. The second-order valence-electron chi connectivity index (χ2n) is 7.17. The van der Waals surface area contributed by atoms with Crippen molar-refractivity contribution in [3.63, 3.8) is 0 Å². The first-order valence-electron chi connectivity index (χ1n) is 9.82. The molecule has 2 aliphatic rings. The minimum absolute atomic E-state index is 0.147. The van der Waals surface area contributed by atoms with Crippen LogP contribution in [-0.2, 0) is 9.59 Å². The highest BCUT2D eigenvalue weighted by atomic mass is 35.5. The minimum Gasteiger partial charge on any atom is -0.486 e. The number of imide groups is 1. The van der Waals surface area contributed by atoms with E-state index in [2.05, 4.69) is 5.32 Å². The molecular weight excluding hydrogens is 451 g/mol. The summed E-state index contributed by atoms with van der Waals surface area (Å²) in [5.41, 5.74) is 1.93. The number of fused-ring (bicyclic) bond motifs is 1. The molecule has 0 radical (unpaired) electrons. The number of carbonyl (C=O) groups excluding carboxylic acids is 2. The van der Waals surface area contributed by atoms with Crippen LogP contribution < -0.4 is 19.7 Å². The summed E-state index contributed by atoms with van der Waals surface area (Å²) in [5, 5.41) is 4.06. The molecule has 160 valence electrons. The first-order chi connectivity index (χ1) is 15.5. The average Bonchev–Trinajstić information content (AvgIpc) is 3.03. The molecule has 0 aliphatic carbocycles. The van der Waals surface area contributed by atoms with E-state index in [4.69, 9.17) is 32.7 Å². The summed E-state index contributed by atoms with van der Waals surface area (Å²) < 4.78 is 11.2. The minimum atomic E-state index is -0.489. The van der Waals surface area contributed by atoms with Gasteiger partial charge in [-0.05, 0) is 48.0 Å². The lowest BCUT2D eigenvalue weighted by molar-refractivity contribution is -0.120. The Balaban J connectivity index is 1.59. The van der Waals surface area contributed by atoms with Crippen molar-refractivity contribution in [2.75, 3.05) is 23.4 Å². The van der Waals surface area contributed by atoms with Crippen molar-refractivity contribution in [2.45, 2.75) is 0 Å². The highest BCUT2D eigenvalue weighted by molar-refractivity contribution is 6.46. The number of nitrogens with zero attached hydrogens (tertiary/aromatic N) is 1. The second-order valence-corrected chi connectivity index (χ2v) is 8.04. The van der Waals surface area contributed by atoms with Gasteiger partial charge in [0.05, 0.1) is 11.3 Å². The van der Waals surface area contributed by atoms with E-state index in [0.29, 0.717) is 51.7 Å². The summed E-state index contributed by atoms with van der Waals surface area (Å²) in [6, 6.07) is 18.6. The molecule has 0 aromatic heterocycles. The summed E-state index contributed by atoms with van der Waals surface area (Å²) in [6.07, 6.45) is 0. The highest BCUT2D eigenvalue weighted by Gasteiger charge is 2.40. The van der Waals surface area contributed by atoms with Gasteiger partial charge in [0.2, 0.25) is 0 Å². The predicted molar refractivity (Wildman–Crippen MR) is 123 cm³/mol. The Morgan fingerprint density at radius 1 is 0.781 bits per heavy atom. The van der Waals surface area contributed by atoms with Crippen molar-refractivity contribution in [2.24, 2.45) is 0 Å². The molecule has 0 bridgehead atoms. The van der Waals surface area contributed by atoms with Crippen LogP contribution in [0.1, 0.15) is 5.56 Å². The Morgan fingerprint density at radius 3 is 2.28 bits per heavy atom. The van der Waals surface area contributed by atoms with Gasteiger partial charge in [-0.25, -0.2) is 4.90 Å². The number of amides is 2. The van der Waals surface area contributed by atoms with Gasteiger partial charge < -0.3 is 14.8 Å². The molecule has 0 saturated heterocycles. The fourth-order valence-corrected chi connectivity index (χ4v) is 3.96. The molecule has 6 nitrogen and oxygen atoms in total. The van der Waals surface area contributed by atoms with E-state index in [0.717, 1.165) is 4.90 Å². The summed E-state index contributed by atoms with van der Waals surface area (Å²) >= 11 is 12.1. The summed E-state index contributed by atoms with van der Waals surface area (Å²) in [6.45, 7) is 0.919. The maximum Gasteiger partial charge on any atom is 0.282 e. The van der Waals surface area contributed by atoms with Gasteiger partial charge in [0.25, 0.3) is 11.8 Å². The number of nitrogens with one attached hydrogen (secondary N) is 1. The van der Waals surface area contributed by atoms with E-state index >= 15 is 0 Å². The Morgan fingerprint density at radius 2 is 1.53 bits per heavy atom. The molecular formula is C24H16Cl2N2O4. The number of carbonyl (C=O) groups is 2. The Bertz CT molecular complexity index is 1270. The van der Waals surface area contributed by atoms with E-state index in [1.807, 2.05) is 0 Å². The molecule has 0 spiro atoms. The number of halogens is 2. The van der Waals surface area contributed by atoms with E-state index < -0.39 is 11.8 Å². The Labute approximate surface area is 194 Å². The van der Waals surface area contributed by atoms with E-state index in [-0.39, 0.29) is 11.3 Å². The fourth-order valence-electron chi connectivity index (χ4n) is 3.65. The summed E-state index contributed by atoms with van der Waals surface area (Å²) in [7, 11) is 0. The van der Waals surface area contributed by atoms with E-state index in [1.54, 1.807) is 66.7 Å². The van der Waals surface area contributed by atoms with Crippen molar-refractivity contribution in [1.29, 1.82) is 0 Å². The standard InChI is InChI=1S/C24H16Cl2N2O4/c25-15-6-4-14(5-7-15)21-22(27-17-8-9-19-20(13-17)32-11-10-31-19)24(30)28(23(21)29)18-3-1-2-16(26)12-18/h1-9,12-13,27H,10-11H2. The van der Waals surface area contributed by atoms with Crippen LogP contribution in [-0.4, -0.2) is 25.0 Å². The lowest BCUT2D eigenvalue weighted by Crippen LogP contribution is -2.32. The molecule has 2 aliphatic heterocycles. The number of hydrogen-bond acceptors (Lipinski definition) is 5. The van der Waals surface area contributed by atoms with Gasteiger partial charge in [-0.1, -0.05) is 41.4 Å². The van der Waals surface area contributed by atoms with Crippen LogP contribution in [0.2, 0.25) is 10.0 Å². The van der Waals surface area contributed by atoms with Crippen LogP contribution in [0.15, 0.2) is 72.4 Å². The smallest absolute Gasteiger partial charge is 0.282 e. The largest absolute Gasteiger partial charge is 0.486 e. The molecule has 0 atom stereocenters. The van der Waals surface area contributed by atoms with Gasteiger partial charge in [-0.3, -0.25) is 9.59 Å². The number of benzene rings is 3. The topological polar surface area (TPSA) is 67.9 Å². The number of ether oxygens (including phenoxy) is 2. The molecule has 3 aromatic rings. The third-order valence-electron chi connectivity index (χ3n) is 5.09. The van der Waals surface area contributed by atoms with Crippen LogP contribution in [0, 0.1) is 0 Å². The maximum absolute atomic E-state index is 13.4. The molecule has 2 heterocycles. The average molecular weight is 467 g/mol.